The standard InChI is InChI=1S/C18H30N4O2/c1-4-21(5-2)18(23)19-16-6-8-17(9-7-16)22-12-10-20(11-13-22)14-15-24-3/h6-9H,4-5,10-15H2,1-3H3,(H,19,23). The van der Waals surface area contributed by atoms with Gasteiger partial charge in [0.25, 0.3) is 0 Å². The highest BCUT2D eigenvalue weighted by Crippen LogP contribution is 2.19. The van der Waals surface area contributed by atoms with Crippen LogP contribution in [0.15, 0.2) is 24.3 Å². The molecule has 0 spiro atoms. The van der Waals surface area contributed by atoms with E-state index in [0.29, 0.717) is 13.1 Å². The summed E-state index contributed by atoms with van der Waals surface area (Å²) in [7, 11) is 1.75. The molecule has 1 aliphatic heterocycles. The number of methoxy groups -OCH3 is 1. The second-order valence-electron chi connectivity index (χ2n) is 5.97. The Kier molecular flexibility index (Phi) is 7.34. The third-order valence-electron chi connectivity index (χ3n) is 4.52. The molecular weight excluding hydrogens is 304 g/mol. The molecule has 2 rings (SSSR count). The Labute approximate surface area is 145 Å². The lowest BCUT2D eigenvalue weighted by atomic mass is 10.2. The highest BCUT2D eigenvalue weighted by Gasteiger charge is 2.17. The Morgan fingerprint density at radius 2 is 1.75 bits per heavy atom. The number of carbonyl (C=O) groups excluding carboxylic acids is 1. The minimum atomic E-state index is -0.0421. The van der Waals surface area contributed by atoms with Crippen LogP contribution in [0.2, 0.25) is 0 Å². The lowest BCUT2D eigenvalue weighted by Crippen LogP contribution is -2.47. The molecular formula is C18H30N4O2. The summed E-state index contributed by atoms with van der Waals surface area (Å²) in [4.78, 5) is 18.7. The van der Waals surface area contributed by atoms with Crippen molar-refractivity contribution < 1.29 is 9.53 Å². The van der Waals surface area contributed by atoms with Crippen molar-refractivity contribution in [2.75, 3.05) is 69.7 Å². The summed E-state index contributed by atoms with van der Waals surface area (Å²) >= 11 is 0. The summed E-state index contributed by atoms with van der Waals surface area (Å²) in [6, 6.07) is 8.09. The molecule has 0 unspecified atom stereocenters. The van der Waals surface area contributed by atoms with Crippen molar-refractivity contribution >= 4 is 17.4 Å². The van der Waals surface area contributed by atoms with Crippen LogP contribution >= 0.6 is 0 Å². The minimum absolute atomic E-state index is 0.0421. The Balaban J connectivity index is 1.85. The maximum absolute atomic E-state index is 12.1. The van der Waals surface area contributed by atoms with Crippen LogP contribution in [0, 0.1) is 0 Å². The molecule has 24 heavy (non-hydrogen) atoms. The maximum Gasteiger partial charge on any atom is 0.321 e. The van der Waals surface area contributed by atoms with Gasteiger partial charge in [-0.1, -0.05) is 0 Å². The zero-order chi connectivity index (χ0) is 17.4. The molecule has 1 N–H and O–H groups in total. The first kappa shape index (κ1) is 18.5. The topological polar surface area (TPSA) is 48.1 Å². The number of carbonyl (C=O) groups is 1. The smallest absolute Gasteiger partial charge is 0.321 e. The predicted molar refractivity (Wildman–Crippen MR) is 98.9 cm³/mol. The van der Waals surface area contributed by atoms with Crippen LogP contribution in [-0.4, -0.2) is 75.4 Å². The minimum Gasteiger partial charge on any atom is -0.383 e. The lowest BCUT2D eigenvalue weighted by molar-refractivity contribution is 0.144. The summed E-state index contributed by atoms with van der Waals surface area (Å²) < 4.78 is 5.14. The van der Waals surface area contributed by atoms with Gasteiger partial charge in [0, 0.05) is 64.3 Å². The maximum atomic E-state index is 12.1. The average Bonchev–Trinajstić information content (AvgIpc) is 2.62. The fraction of sp³-hybridized carbons (Fsp3) is 0.611. The van der Waals surface area contributed by atoms with Gasteiger partial charge in [0.2, 0.25) is 0 Å². The number of anilines is 2. The van der Waals surface area contributed by atoms with Gasteiger partial charge in [-0.2, -0.15) is 0 Å². The number of ether oxygens (including phenoxy) is 1. The Bertz CT molecular complexity index is 494. The monoisotopic (exact) mass is 334 g/mol. The van der Waals surface area contributed by atoms with Gasteiger partial charge in [-0.15, -0.1) is 0 Å². The molecule has 1 aliphatic rings. The van der Waals surface area contributed by atoms with E-state index in [0.717, 1.165) is 45.0 Å². The number of urea groups is 1. The van der Waals surface area contributed by atoms with Gasteiger partial charge in [0.05, 0.1) is 6.61 Å². The molecule has 134 valence electrons. The van der Waals surface area contributed by atoms with Crippen molar-refractivity contribution in [1.29, 1.82) is 0 Å². The number of piperazine rings is 1. The zero-order valence-corrected chi connectivity index (χ0v) is 15.1. The lowest BCUT2D eigenvalue weighted by Gasteiger charge is -2.36. The van der Waals surface area contributed by atoms with Gasteiger partial charge in [0.1, 0.15) is 0 Å². The highest BCUT2D eigenvalue weighted by molar-refractivity contribution is 5.89. The third kappa shape index (κ3) is 5.11. The molecule has 0 atom stereocenters. The number of benzene rings is 1. The molecule has 2 amide bonds. The molecule has 1 saturated heterocycles. The fourth-order valence-electron chi connectivity index (χ4n) is 2.92. The zero-order valence-electron chi connectivity index (χ0n) is 15.1. The Hall–Kier alpha value is -1.79. The molecule has 0 radical (unpaired) electrons. The van der Waals surface area contributed by atoms with Crippen LogP contribution in [0.5, 0.6) is 0 Å². The van der Waals surface area contributed by atoms with E-state index in [9.17, 15) is 4.79 Å². The van der Waals surface area contributed by atoms with Crippen molar-refractivity contribution in [3.63, 3.8) is 0 Å². The number of rotatable bonds is 7. The summed E-state index contributed by atoms with van der Waals surface area (Å²) in [5.41, 5.74) is 2.05. The second-order valence-corrected chi connectivity index (χ2v) is 5.97. The van der Waals surface area contributed by atoms with Gasteiger partial charge in [-0.25, -0.2) is 4.79 Å². The van der Waals surface area contributed by atoms with Crippen LogP contribution in [0.25, 0.3) is 0 Å². The van der Waals surface area contributed by atoms with Crippen LogP contribution < -0.4 is 10.2 Å². The molecule has 1 fully saturated rings. The number of nitrogens with one attached hydrogen (secondary N) is 1. The Morgan fingerprint density at radius 3 is 2.29 bits per heavy atom. The van der Waals surface area contributed by atoms with E-state index in [1.165, 1.54) is 5.69 Å². The molecule has 1 aromatic carbocycles. The summed E-state index contributed by atoms with van der Waals surface area (Å²) in [5.74, 6) is 0. The summed E-state index contributed by atoms with van der Waals surface area (Å²) in [6.45, 7) is 11.4. The average molecular weight is 334 g/mol. The van der Waals surface area contributed by atoms with Crippen LogP contribution in [0.1, 0.15) is 13.8 Å². The van der Waals surface area contributed by atoms with Gasteiger partial charge < -0.3 is 19.9 Å². The van der Waals surface area contributed by atoms with Gasteiger partial charge in [0.15, 0.2) is 0 Å². The second kappa shape index (κ2) is 9.49. The van der Waals surface area contributed by atoms with Crippen LogP contribution in [-0.2, 0) is 4.74 Å². The van der Waals surface area contributed by atoms with Gasteiger partial charge >= 0.3 is 6.03 Å². The van der Waals surface area contributed by atoms with Gasteiger partial charge in [-0.05, 0) is 38.1 Å². The van der Waals surface area contributed by atoms with Crippen molar-refractivity contribution in [3.8, 4) is 0 Å². The first-order valence-electron chi connectivity index (χ1n) is 8.80. The third-order valence-corrected chi connectivity index (χ3v) is 4.52. The normalized spacial score (nSPS) is 15.4. The van der Waals surface area contributed by atoms with Gasteiger partial charge in [-0.3, -0.25) is 4.90 Å². The van der Waals surface area contributed by atoms with Crippen molar-refractivity contribution in [3.05, 3.63) is 24.3 Å². The summed E-state index contributed by atoms with van der Waals surface area (Å²) in [5, 5.41) is 2.95. The van der Waals surface area contributed by atoms with E-state index < -0.39 is 0 Å². The molecule has 6 nitrogen and oxygen atoms in total. The summed E-state index contributed by atoms with van der Waals surface area (Å²) in [6.07, 6.45) is 0. The van der Waals surface area contributed by atoms with E-state index in [1.807, 2.05) is 26.0 Å². The number of hydrogen-bond donors (Lipinski definition) is 1. The van der Waals surface area contributed by atoms with E-state index in [1.54, 1.807) is 12.0 Å². The van der Waals surface area contributed by atoms with Crippen molar-refractivity contribution in [2.45, 2.75) is 13.8 Å². The Morgan fingerprint density at radius 1 is 1.12 bits per heavy atom. The van der Waals surface area contributed by atoms with E-state index >= 15 is 0 Å². The van der Waals surface area contributed by atoms with E-state index in [2.05, 4.69) is 27.2 Å². The quantitative estimate of drug-likeness (QED) is 0.831. The van der Waals surface area contributed by atoms with Crippen LogP contribution in [0.3, 0.4) is 0 Å². The molecule has 0 aliphatic carbocycles. The molecule has 1 heterocycles. The SMILES string of the molecule is CCN(CC)C(=O)Nc1ccc(N2CCN(CCOC)CC2)cc1. The largest absolute Gasteiger partial charge is 0.383 e. The highest BCUT2D eigenvalue weighted by atomic mass is 16.5. The first-order chi connectivity index (χ1) is 11.7. The molecule has 0 aromatic heterocycles. The van der Waals surface area contributed by atoms with Crippen molar-refractivity contribution in [2.24, 2.45) is 0 Å². The molecule has 0 saturated carbocycles. The fourth-order valence-corrected chi connectivity index (χ4v) is 2.92. The molecule has 6 heteroatoms. The number of amides is 2. The van der Waals surface area contributed by atoms with E-state index in [-0.39, 0.29) is 6.03 Å². The van der Waals surface area contributed by atoms with Crippen molar-refractivity contribution in [1.82, 2.24) is 9.80 Å². The molecule has 1 aromatic rings. The van der Waals surface area contributed by atoms with E-state index in [4.69, 9.17) is 4.74 Å². The predicted octanol–water partition coefficient (Wildman–Crippen LogP) is 2.33. The number of nitrogens with zero attached hydrogens (tertiary/aromatic N) is 3. The number of hydrogen-bond acceptors (Lipinski definition) is 4. The molecule has 0 bridgehead atoms. The van der Waals surface area contributed by atoms with Crippen LogP contribution in [0.4, 0.5) is 16.2 Å². The first-order valence-corrected chi connectivity index (χ1v) is 8.80.